The third kappa shape index (κ3) is 5.24. The van der Waals surface area contributed by atoms with Crippen LogP contribution in [0.15, 0.2) is 72.8 Å². The molecule has 0 radical (unpaired) electrons. The first-order chi connectivity index (χ1) is 16.4. The fourth-order valence-corrected chi connectivity index (χ4v) is 6.21. The van der Waals surface area contributed by atoms with Gasteiger partial charge in [-0.25, -0.2) is 0 Å². The molecule has 180 valence electrons. The molecule has 0 aliphatic heterocycles. The van der Waals surface area contributed by atoms with Crippen LogP contribution in [0.25, 0.3) is 0 Å². The molecule has 3 heteroatoms. The number of phenolic OH excluding ortho intramolecular Hbond substituents is 3. The number of rotatable bonds is 8. The summed E-state index contributed by atoms with van der Waals surface area (Å²) in [5.41, 5.74) is 3.68. The van der Waals surface area contributed by atoms with Crippen molar-refractivity contribution in [3.63, 3.8) is 0 Å². The summed E-state index contributed by atoms with van der Waals surface area (Å²) >= 11 is 0. The maximum absolute atomic E-state index is 9.88. The zero-order valence-electron chi connectivity index (χ0n) is 20.5. The molecule has 0 spiro atoms. The molecule has 4 rings (SSSR count). The highest BCUT2D eigenvalue weighted by Crippen LogP contribution is 2.51. The van der Waals surface area contributed by atoms with Gasteiger partial charge in [0.2, 0.25) is 0 Å². The summed E-state index contributed by atoms with van der Waals surface area (Å²) in [6.07, 6.45) is 7.92. The van der Waals surface area contributed by atoms with Crippen LogP contribution >= 0.6 is 0 Å². The summed E-state index contributed by atoms with van der Waals surface area (Å²) in [5.74, 6) is 2.65. The highest BCUT2D eigenvalue weighted by molar-refractivity contribution is 5.43. The molecule has 3 N–H and O–H groups in total. The predicted octanol–water partition coefficient (Wildman–Crippen LogP) is 7.89. The summed E-state index contributed by atoms with van der Waals surface area (Å²) in [5, 5.41) is 29.6. The molecule has 3 nitrogen and oxygen atoms in total. The molecule has 0 heterocycles. The molecule has 0 amide bonds. The molecule has 2 unspecified atom stereocenters. The maximum Gasteiger partial charge on any atom is 0.115 e. The first-order valence-electron chi connectivity index (χ1n) is 12.8. The van der Waals surface area contributed by atoms with Crippen LogP contribution in [-0.4, -0.2) is 15.3 Å². The van der Waals surface area contributed by atoms with E-state index in [2.05, 4.69) is 50.2 Å². The van der Waals surface area contributed by atoms with E-state index in [1.165, 1.54) is 36.0 Å². The zero-order chi connectivity index (χ0) is 24.1. The van der Waals surface area contributed by atoms with Gasteiger partial charge in [0.05, 0.1) is 0 Å². The van der Waals surface area contributed by atoms with Crippen LogP contribution in [-0.2, 0) is 5.41 Å². The van der Waals surface area contributed by atoms with E-state index in [0.29, 0.717) is 23.5 Å². The van der Waals surface area contributed by atoms with Crippen LogP contribution in [0.3, 0.4) is 0 Å². The quantitative estimate of drug-likeness (QED) is 0.322. The highest BCUT2D eigenvalue weighted by Gasteiger charge is 2.40. The molecule has 3 aromatic carbocycles. The molecule has 3 aromatic rings. The molecule has 0 saturated heterocycles. The summed E-state index contributed by atoms with van der Waals surface area (Å²) in [4.78, 5) is 0. The van der Waals surface area contributed by atoms with Crippen molar-refractivity contribution in [1.82, 2.24) is 0 Å². The van der Waals surface area contributed by atoms with Crippen LogP contribution < -0.4 is 0 Å². The van der Waals surface area contributed by atoms with Gasteiger partial charge in [0.15, 0.2) is 0 Å². The molecule has 34 heavy (non-hydrogen) atoms. The second kappa shape index (κ2) is 10.5. The molecular formula is C31H38O3. The Morgan fingerprint density at radius 1 is 0.735 bits per heavy atom. The van der Waals surface area contributed by atoms with Crippen molar-refractivity contribution in [1.29, 1.82) is 0 Å². The van der Waals surface area contributed by atoms with Crippen molar-refractivity contribution >= 4 is 0 Å². The summed E-state index contributed by atoms with van der Waals surface area (Å²) in [6.45, 7) is 4.63. The van der Waals surface area contributed by atoms with Gasteiger partial charge in [0, 0.05) is 5.41 Å². The predicted molar refractivity (Wildman–Crippen MR) is 138 cm³/mol. The molecule has 0 bridgehead atoms. The summed E-state index contributed by atoms with van der Waals surface area (Å²) in [7, 11) is 0. The van der Waals surface area contributed by atoms with Crippen molar-refractivity contribution in [3.8, 4) is 17.2 Å². The second-order valence-electron chi connectivity index (χ2n) is 10.3. The molecule has 2 atom stereocenters. The fraction of sp³-hybridized carbons (Fsp3) is 0.419. The second-order valence-corrected chi connectivity index (χ2v) is 10.3. The van der Waals surface area contributed by atoms with Crippen molar-refractivity contribution in [3.05, 3.63) is 89.5 Å². The standard InChI is InChI=1S/C31H38O3/c1-3-4-22(2)21-30(23-5-11-27(32)12-6-23)24-17-19-31(20-18-24,25-7-13-28(33)14-8-25)26-9-15-29(34)16-10-26/h5-16,22,24,30,32-34H,3-4,17-21H2,1-2H3. The monoisotopic (exact) mass is 458 g/mol. The van der Waals surface area contributed by atoms with Gasteiger partial charge in [-0.2, -0.15) is 0 Å². The Labute approximate surface area is 204 Å². The van der Waals surface area contributed by atoms with E-state index in [0.717, 1.165) is 25.7 Å². The Morgan fingerprint density at radius 2 is 1.18 bits per heavy atom. The zero-order valence-corrected chi connectivity index (χ0v) is 20.5. The minimum Gasteiger partial charge on any atom is -0.508 e. The van der Waals surface area contributed by atoms with Crippen LogP contribution in [0, 0.1) is 11.8 Å². The minimum atomic E-state index is -0.119. The Hall–Kier alpha value is -2.94. The van der Waals surface area contributed by atoms with Crippen LogP contribution in [0.2, 0.25) is 0 Å². The average Bonchev–Trinajstić information content (AvgIpc) is 2.84. The molecule has 1 aliphatic carbocycles. The first kappa shape index (κ1) is 24.2. The van der Waals surface area contributed by atoms with Gasteiger partial charge in [0.25, 0.3) is 0 Å². The van der Waals surface area contributed by atoms with E-state index in [1.54, 1.807) is 24.3 Å². The number of hydrogen-bond acceptors (Lipinski definition) is 3. The van der Waals surface area contributed by atoms with E-state index in [1.807, 2.05) is 12.1 Å². The molecule has 1 fully saturated rings. The first-order valence-corrected chi connectivity index (χ1v) is 12.8. The van der Waals surface area contributed by atoms with Crippen LogP contribution in [0.1, 0.15) is 81.4 Å². The normalized spacial score (nSPS) is 17.8. The summed E-state index contributed by atoms with van der Waals surface area (Å²) in [6, 6.07) is 23.3. The minimum absolute atomic E-state index is 0.119. The lowest BCUT2D eigenvalue weighted by Gasteiger charge is -2.44. The smallest absolute Gasteiger partial charge is 0.115 e. The molecule has 1 saturated carbocycles. The Kier molecular flexibility index (Phi) is 7.50. The lowest BCUT2D eigenvalue weighted by molar-refractivity contribution is 0.216. The number of aromatic hydroxyl groups is 3. The largest absolute Gasteiger partial charge is 0.508 e. The van der Waals surface area contributed by atoms with Crippen molar-refractivity contribution < 1.29 is 15.3 Å². The van der Waals surface area contributed by atoms with E-state index >= 15 is 0 Å². The molecule has 0 aromatic heterocycles. The van der Waals surface area contributed by atoms with Crippen molar-refractivity contribution in [2.45, 2.75) is 70.1 Å². The van der Waals surface area contributed by atoms with Gasteiger partial charge >= 0.3 is 0 Å². The third-order valence-corrected chi connectivity index (χ3v) is 8.05. The fourth-order valence-electron chi connectivity index (χ4n) is 6.21. The number of phenols is 3. The topological polar surface area (TPSA) is 60.7 Å². The van der Waals surface area contributed by atoms with Crippen molar-refractivity contribution in [2.24, 2.45) is 11.8 Å². The van der Waals surface area contributed by atoms with E-state index in [4.69, 9.17) is 0 Å². The van der Waals surface area contributed by atoms with Gasteiger partial charge in [-0.1, -0.05) is 63.1 Å². The van der Waals surface area contributed by atoms with Gasteiger partial charge in [-0.15, -0.1) is 0 Å². The van der Waals surface area contributed by atoms with Crippen LogP contribution in [0.4, 0.5) is 0 Å². The lowest BCUT2D eigenvalue weighted by Crippen LogP contribution is -2.35. The highest BCUT2D eigenvalue weighted by atomic mass is 16.3. The molecule has 1 aliphatic rings. The van der Waals surface area contributed by atoms with E-state index in [-0.39, 0.29) is 16.9 Å². The lowest BCUT2D eigenvalue weighted by atomic mass is 9.60. The molecular weight excluding hydrogens is 420 g/mol. The maximum atomic E-state index is 9.88. The SMILES string of the molecule is CCCC(C)CC(c1ccc(O)cc1)C1CCC(c2ccc(O)cc2)(c2ccc(O)cc2)CC1. The van der Waals surface area contributed by atoms with E-state index < -0.39 is 0 Å². The third-order valence-electron chi connectivity index (χ3n) is 8.05. The Bertz CT molecular complexity index is 982. The summed E-state index contributed by atoms with van der Waals surface area (Å²) < 4.78 is 0. The van der Waals surface area contributed by atoms with E-state index in [9.17, 15) is 15.3 Å². The van der Waals surface area contributed by atoms with Gasteiger partial charge in [-0.05, 0) is 103 Å². The Morgan fingerprint density at radius 3 is 1.62 bits per heavy atom. The number of benzene rings is 3. The van der Waals surface area contributed by atoms with Gasteiger partial charge < -0.3 is 15.3 Å². The van der Waals surface area contributed by atoms with Gasteiger partial charge in [-0.3, -0.25) is 0 Å². The average molecular weight is 459 g/mol. The number of hydrogen-bond donors (Lipinski definition) is 3. The van der Waals surface area contributed by atoms with Crippen molar-refractivity contribution in [2.75, 3.05) is 0 Å². The Balaban J connectivity index is 1.63. The van der Waals surface area contributed by atoms with Crippen LogP contribution in [0.5, 0.6) is 17.2 Å². The van der Waals surface area contributed by atoms with Gasteiger partial charge in [0.1, 0.15) is 17.2 Å².